The molecule has 11 nitrogen and oxygen atoms in total. The molecule has 0 aliphatic heterocycles. The normalized spacial score (nSPS) is 12.8. The van der Waals surface area contributed by atoms with Crippen molar-refractivity contribution in [1.82, 2.24) is 16.0 Å². The average molecular weight is 728 g/mol. The van der Waals surface area contributed by atoms with E-state index in [0.29, 0.717) is 70.1 Å². The SMILES string of the molecule is CC(C)C#CCNC(=O)COCCO[C@@](C)(COc1cccc(C(=O)NCCOCCOCCOCCCNC(C)C)c1)SSC(C)(C)C. The lowest BCUT2D eigenvalue weighted by molar-refractivity contribution is -0.126. The van der Waals surface area contributed by atoms with Crippen LogP contribution in [0.2, 0.25) is 0 Å². The van der Waals surface area contributed by atoms with Gasteiger partial charge in [0.05, 0.1) is 52.8 Å². The van der Waals surface area contributed by atoms with Gasteiger partial charge in [0.2, 0.25) is 5.91 Å². The lowest BCUT2D eigenvalue weighted by Crippen LogP contribution is -2.34. The summed E-state index contributed by atoms with van der Waals surface area (Å²) in [5.74, 6) is 6.30. The Hall–Kier alpha value is -2.02. The van der Waals surface area contributed by atoms with Crippen molar-refractivity contribution in [2.45, 2.75) is 77.5 Å². The van der Waals surface area contributed by atoms with Gasteiger partial charge in [-0.2, -0.15) is 0 Å². The summed E-state index contributed by atoms with van der Waals surface area (Å²) >= 11 is 0. The second-order valence-corrected chi connectivity index (χ2v) is 16.4. The van der Waals surface area contributed by atoms with E-state index in [-0.39, 0.29) is 48.9 Å². The monoisotopic (exact) mass is 727 g/mol. The summed E-state index contributed by atoms with van der Waals surface area (Å²) in [7, 11) is 3.27. The molecule has 0 fully saturated rings. The number of hydrogen-bond donors (Lipinski definition) is 3. The second-order valence-electron chi connectivity index (χ2n) is 12.9. The van der Waals surface area contributed by atoms with Crippen LogP contribution >= 0.6 is 21.6 Å². The molecule has 3 N–H and O–H groups in total. The van der Waals surface area contributed by atoms with Crippen molar-refractivity contribution >= 4 is 33.4 Å². The summed E-state index contributed by atoms with van der Waals surface area (Å²) < 4.78 is 34.5. The molecular formula is C36H61N3O8S2. The topological polar surface area (TPSA) is 126 Å². The Labute approximate surface area is 303 Å². The van der Waals surface area contributed by atoms with E-state index < -0.39 is 4.93 Å². The van der Waals surface area contributed by atoms with Crippen LogP contribution < -0.4 is 20.7 Å². The first kappa shape index (κ1) is 45.0. The summed E-state index contributed by atoms with van der Waals surface area (Å²) in [5, 5.41) is 8.95. The predicted octanol–water partition coefficient (Wildman–Crippen LogP) is 4.94. The van der Waals surface area contributed by atoms with E-state index in [1.54, 1.807) is 39.8 Å². The lowest BCUT2D eigenvalue weighted by atomic mass is 10.2. The largest absolute Gasteiger partial charge is 0.490 e. The van der Waals surface area contributed by atoms with E-state index in [0.717, 1.165) is 13.0 Å². The highest BCUT2D eigenvalue weighted by molar-refractivity contribution is 8.77. The van der Waals surface area contributed by atoms with Crippen LogP contribution in [-0.4, -0.2) is 113 Å². The standard InChI is InChI=1S/C36H61N3O8S2/c1-29(2)12-10-15-38-33(40)27-45-24-25-47-36(8,49-48-35(5,6)7)28-46-32-14-9-13-31(26-32)34(41)39-17-19-43-21-23-44-22-20-42-18-11-16-37-30(3)4/h9,13-14,26,29-30,37H,11,15-25,27-28H2,1-8H3,(H,38,40)(H,39,41)/t36-/m1/s1. The molecule has 1 atom stereocenters. The summed E-state index contributed by atoms with van der Waals surface area (Å²) in [6, 6.07) is 7.54. The molecule has 1 rings (SSSR count). The van der Waals surface area contributed by atoms with Crippen molar-refractivity contribution < 1.29 is 38.0 Å². The number of amides is 2. The van der Waals surface area contributed by atoms with Crippen molar-refractivity contribution in [2.24, 2.45) is 5.92 Å². The van der Waals surface area contributed by atoms with E-state index in [2.05, 4.69) is 62.4 Å². The number of nitrogens with one attached hydrogen (secondary N) is 3. The second kappa shape index (κ2) is 26.7. The van der Waals surface area contributed by atoms with Crippen molar-refractivity contribution in [3.8, 4) is 17.6 Å². The van der Waals surface area contributed by atoms with Gasteiger partial charge in [0.15, 0.2) is 4.93 Å². The molecule has 0 saturated carbocycles. The predicted molar refractivity (Wildman–Crippen MR) is 200 cm³/mol. The van der Waals surface area contributed by atoms with Gasteiger partial charge in [-0.05, 0) is 38.1 Å². The Morgan fingerprint density at radius 3 is 2.16 bits per heavy atom. The van der Waals surface area contributed by atoms with E-state index in [4.69, 9.17) is 28.4 Å². The fourth-order valence-electron chi connectivity index (χ4n) is 3.62. The van der Waals surface area contributed by atoms with E-state index in [9.17, 15) is 9.59 Å². The third-order valence-electron chi connectivity index (χ3n) is 5.99. The van der Waals surface area contributed by atoms with E-state index in [1.165, 1.54) is 0 Å². The molecule has 0 aliphatic carbocycles. The summed E-state index contributed by atoms with van der Waals surface area (Å²) in [5.41, 5.74) is 0.488. The summed E-state index contributed by atoms with van der Waals surface area (Å²) in [6.07, 6.45) is 0.978. The zero-order valence-electron chi connectivity index (χ0n) is 30.9. The lowest BCUT2D eigenvalue weighted by Gasteiger charge is -2.31. The van der Waals surface area contributed by atoms with Gasteiger partial charge in [0.25, 0.3) is 5.91 Å². The van der Waals surface area contributed by atoms with Gasteiger partial charge in [-0.1, -0.05) is 88.0 Å². The first-order valence-corrected chi connectivity index (χ1v) is 19.3. The molecule has 0 bridgehead atoms. The molecule has 280 valence electrons. The van der Waals surface area contributed by atoms with Crippen LogP contribution in [0.3, 0.4) is 0 Å². The summed E-state index contributed by atoms with van der Waals surface area (Å²) in [6.45, 7) is 22.0. The Bertz CT molecular complexity index is 1110. The molecule has 13 heteroatoms. The fraction of sp³-hybridized carbons (Fsp3) is 0.722. The van der Waals surface area contributed by atoms with Gasteiger partial charge in [-0.25, -0.2) is 0 Å². The van der Waals surface area contributed by atoms with Crippen molar-refractivity contribution in [1.29, 1.82) is 0 Å². The van der Waals surface area contributed by atoms with E-state index >= 15 is 0 Å². The number of hydrogen-bond acceptors (Lipinski definition) is 11. The van der Waals surface area contributed by atoms with Crippen LogP contribution in [0, 0.1) is 17.8 Å². The van der Waals surface area contributed by atoms with Gasteiger partial charge >= 0.3 is 0 Å². The van der Waals surface area contributed by atoms with Crippen molar-refractivity contribution in [3.05, 3.63) is 29.8 Å². The summed E-state index contributed by atoms with van der Waals surface area (Å²) in [4.78, 5) is 24.0. The molecule has 0 radical (unpaired) electrons. The number of rotatable bonds is 27. The number of carbonyl (C=O) groups excluding carboxylic acids is 2. The zero-order chi connectivity index (χ0) is 36.4. The van der Waals surface area contributed by atoms with Crippen molar-refractivity contribution in [2.75, 3.05) is 85.7 Å². The van der Waals surface area contributed by atoms with Crippen molar-refractivity contribution in [3.63, 3.8) is 0 Å². The highest BCUT2D eigenvalue weighted by Crippen LogP contribution is 2.44. The minimum absolute atomic E-state index is 0.00329. The number of ether oxygens (including phenoxy) is 6. The fourth-order valence-corrected chi connectivity index (χ4v) is 5.85. The molecule has 0 spiro atoms. The van der Waals surface area contributed by atoms with E-state index in [1.807, 2.05) is 26.8 Å². The van der Waals surface area contributed by atoms with Gasteiger partial charge in [-0.15, -0.1) is 0 Å². The third kappa shape index (κ3) is 26.5. The first-order valence-electron chi connectivity index (χ1n) is 17.1. The minimum atomic E-state index is -0.715. The van der Waals surface area contributed by atoms with Crippen LogP contribution in [0.5, 0.6) is 5.75 Å². The Morgan fingerprint density at radius 1 is 0.816 bits per heavy atom. The smallest absolute Gasteiger partial charge is 0.251 e. The van der Waals surface area contributed by atoms with Gasteiger partial charge in [-0.3, -0.25) is 9.59 Å². The highest BCUT2D eigenvalue weighted by Gasteiger charge is 2.30. The van der Waals surface area contributed by atoms with Crippen LogP contribution in [-0.2, 0) is 28.5 Å². The maximum absolute atomic E-state index is 12.8. The molecule has 2 amide bonds. The molecule has 0 heterocycles. The van der Waals surface area contributed by atoms with Crippen LogP contribution in [0.25, 0.3) is 0 Å². The maximum Gasteiger partial charge on any atom is 0.251 e. The van der Waals surface area contributed by atoms with Crippen LogP contribution in [0.1, 0.15) is 72.2 Å². The molecule has 49 heavy (non-hydrogen) atoms. The third-order valence-corrected chi connectivity index (χ3v) is 9.97. The molecule has 1 aromatic rings. The Kier molecular flexibility index (Phi) is 24.6. The molecule has 0 saturated heterocycles. The minimum Gasteiger partial charge on any atom is -0.490 e. The molecule has 0 aliphatic rings. The van der Waals surface area contributed by atoms with Gasteiger partial charge in [0, 0.05) is 35.4 Å². The quantitative estimate of drug-likeness (QED) is 0.0494. The zero-order valence-corrected chi connectivity index (χ0v) is 32.6. The maximum atomic E-state index is 12.8. The number of carbonyl (C=O) groups is 2. The van der Waals surface area contributed by atoms with Gasteiger partial charge < -0.3 is 44.4 Å². The molecule has 1 aromatic carbocycles. The van der Waals surface area contributed by atoms with Crippen LogP contribution in [0.15, 0.2) is 24.3 Å². The first-order chi connectivity index (χ1) is 23.3. The van der Waals surface area contributed by atoms with Gasteiger partial charge in [0.1, 0.15) is 19.0 Å². The van der Waals surface area contributed by atoms with Crippen LogP contribution in [0.4, 0.5) is 0 Å². The molecule has 0 aromatic heterocycles. The Morgan fingerprint density at radius 2 is 1.49 bits per heavy atom. The number of benzene rings is 1. The highest BCUT2D eigenvalue weighted by atomic mass is 33.1. The Balaban J connectivity index is 2.38. The molecular weight excluding hydrogens is 667 g/mol. The average Bonchev–Trinajstić information content (AvgIpc) is 3.04. The molecule has 0 unspecified atom stereocenters.